The molecule has 0 radical (unpaired) electrons. The van der Waals surface area contributed by atoms with Crippen molar-refractivity contribution in [3.63, 3.8) is 0 Å². The number of hydrogen-bond donors (Lipinski definition) is 0. The molecule has 0 aliphatic rings. The number of anilines is 1. The zero-order valence-electron chi connectivity index (χ0n) is 18.6. The fraction of sp³-hybridized carbons (Fsp3) is 0.107. The van der Waals surface area contributed by atoms with Crippen LogP contribution in [0.2, 0.25) is 5.02 Å². The SMILES string of the molecule is Cc1ccc(Cl)c2sc(N(Cc3ccccn3)C(=O)c3ccc(Cc4ccccc4)cc3)nc12. The first-order chi connectivity index (χ1) is 16.6. The van der Waals surface area contributed by atoms with Crippen molar-refractivity contribution in [3.05, 3.63) is 124 Å². The third-order valence-electron chi connectivity index (χ3n) is 5.66. The molecule has 0 bridgehead atoms. The number of aryl methyl sites for hydroxylation is 1. The number of amides is 1. The number of thiazole rings is 1. The van der Waals surface area contributed by atoms with E-state index in [1.807, 2.05) is 79.7 Å². The number of rotatable bonds is 6. The predicted molar refractivity (Wildman–Crippen MR) is 140 cm³/mol. The highest BCUT2D eigenvalue weighted by molar-refractivity contribution is 7.23. The van der Waals surface area contributed by atoms with Crippen LogP contribution in [0.25, 0.3) is 10.2 Å². The second-order valence-corrected chi connectivity index (χ2v) is 9.49. The summed E-state index contributed by atoms with van der Waals surface area (Å²) in [5.41, 5.74) is 5.64. The molecule has 1 amide bonds. The van der Waals surface area contributed by atoms with Gasteiger partial charge in [-0.25, -0.2) is 4.98 Å². The van der Waals surface area contributed by atoms with Gasteiger partial charge in [-0.2, -0.15) is 0 Å². The monoisotopic (exact) mass is 483 g/mol. The summed E-state index contributed by atoms with van der Waals surface area (Å²) in [5, 5.41) is 1.25. The minimum absolute atomic E-state index is 0.121. The van der Waals surface area contributed by atoms with Crippen molar-refractivity contribution in [2.75, 3.05) is 4.90 Å². The first kappa shape index (κ1) is 22.3. The van der Waals surface area contributed by atoms with Gasteiger partial charge in [0.15, 0.2) is 5.13 Å². The molecule has 4 nitrogen and oxygen atoms in total. The second-order valence-electron chi connectivity index (χ2n) is 8.11. The Bertz CT molecular complexity index is 1390. The molecular weight excluding hydrogens is 462 g/mol. The number of aromatic nitrogens is 2. The fourth-order valence-electron chi connectivity index (χ4n) is 3.84. The Morgan fingerprint density at radius 2 is 1.65 bits per heavy atom. The Kier molecular flexibility index (Phi) is 6.39. The summed E-state index contributed by atoms with van der Waals surface area (Å²) in [6.45, 7) is 2.32. The second kappa shape index (κ2) is 9.75. The molecule has 0 fully saturated rings. The molecule has 168 valence electrons. The van der Waals surface area contributed by atoms with Gasteiger partial charge in [-0.1, -0.05) is 77.5 Å². The molecule has 0 aliphatic heterocycles. The average Bonchev–Trinajstić information content (AvgIpc) is 3.33. The summed E-state index contributed by atoms with van der Waals surface area (Å²) < 4.78 is 0.883. The van der Waals surface area contributed by atoms with Gasteiger partial charge in [0.05, 0.1) is 27.5 Å². The van der Waals surface area contributed by atoms with Gasteiger partial charge in [0.1, 0.15) is 0 Å². The number of fused-ring (bicyclic) bond motifs is 1. The number of benzene rings is 3. The lowest BCUT2D eigenvalue weighted by Gasteiger charge is -2.20. The molecule has 0 saturated carbocycles. The Morgan fingerprint density at radius 1 is 0.912 bits per heavy atom. The van der Waals surface area contributed by atoms with Gasteiger partial charge in [-0.15, -0.1) is 0 Å². The predicted octanol–water partition coefficient (Wildman–Crippen LogP) is 7.09. The number of nitrogens with zero attached hydrogens (tertiary/aromatic N) is 3. The summed E-state index contributed by atoms with van der Waals surface area (Å²) in [4.78, 5) is 24.6. The average molecular weight is 484 g/mol. The highest BCUT2D eigenvalue weighted by Crippen LogP contribution is 2.36. The quantitative estimate of drug-likeness (QED) is 0.259. The van der Waals surface area contributed by atoms with E-state index in [1.54, 1.807) is 11.1 Å². The van der Waals surface area contributed by atoms with Crippen LogP contribution < -0.4 is 4.90 Å². The lowest BCUT2D eigenvalue weighted by Crippen LogP contribution is -2.30. The van der Waals surface area contributed by atoms with Gasteiger partial charge < -0.3 is 0 Å². The van der Waals surface area contributed by atoms with Crippen LogP contribution in [0.5, 0.6) is 0 Å². The van der Waals surface area contributed by atoms with Gasteiger partial charge in [0.2, 0.25) is 0 Å². The van der Waals surface area contributed by atoms with Gasteiger partial charge in [0.25, 0.3) is 5.91 Å². The van der Waals surface area contributed by atoms with E-state index in [9.17, 15) is 4.79 Å². The summed E-state index contributed by atoms with van der Waals surface area (Å²) in [5.74, 6) is -0.121. The van der Waals surface area contributed by atoms with Gasteiger partial charge in [0, 0.05) is 11.8 Å². The summed E-state index contributed by atoms with van der Waals surface area (Å²) in [7, 11) is 0. The van der Waals surface area contributed by atoms with E-state index in [4.69, 9.17) is 16.6 Å². The van der Waals surface area contributed by atoms with Crippen LogP contribution in [0.15, 0.2) is 91.1 Å². The van der Waals surface area contributed by atoms with Crippen LogP contribution in [0.4, 0.5) is 5.13 Å². The molecule has 5 aromatic rings. The Labute approximate surface area is 207 Å². The molecule has 0 saturated heterocycles. The minimum atomic E-state index is -0.121. The van der Waals surface area contributed by atoms with Crippen LogP contribution in [0.3, 0.4) is 0 Å². The Hall–Kier alpha value is -3.54. The topological polar surface area (TPSA) is 46.1 Å². The van der Waals surface area contributed by atoms with Crippen molar-refractivity contribution < 1.29 is 4.79 Å². The largest absolute Gasteiger partial charge is 0.278 e. The fourth-order valence-corrected chi connectivity index (χ4v) is 5.15. The van der Waals surface area contributed by atoms with Crippen molar-refractivity contribution in [3.8, 4) is 0 Å². The van der Waals surface area contributed by atoms with E-state index in [1.165, 1.54) is 16.9 Å². The Balaban J connectivity index is 1.48. The molecule has 2 aromatic heterocycles. The zero-order valence-corrected chi connectivity index (χ0v) is 20.2. The number of hydrogen-bond acceptors (Lipinski definition) is 4. The van der Waals surface area contributed by atoms with E-state index in [0.717, 1.165) is 33.5 Å². The molecule has 0 N–H and O–H groups in total. The Morgan fingerprint density at radius 3 is 2.35 bits per heavy atom. The molecular formula is C28H22ClN3OS. The van der Waals surface area contributed by atoms with Crippen LogP contribution >= 0.6 is 22.9 Å². The maximum absolute atomic E-state index is 13.7. The number of halogens is 1. The molecule has 0 spiro atoms. The molecule has 0 atom stereocenters. The minimum Gasteiger partial charge on any atom is -0.278 e. The molecule has 3 aromatic carbocycles. The maximum Gasteiger partial charge on any atom is 0.260 e. The maximum atomic E-state index is 13.7. The molecule has 5 rings (SSSR count). The van der Waals surface area contributed by atoms with Crippen molar-refractivity contribution in [2.45, 2.75) is 19.9 Å². The van der Waals surface area contributed by atoms with Crippen LogP contribution in [-0.2, 0) is 13.0 Å². The first-order valence-electron chi connectivity index (χ1n) is 11.0. The number of carbonyl (C=O) groups excluding carboxylic acids is 1. The summed E-state index contributed by atoms with van der Waals surface area (Å²) >= 11 is 7.87. The smallest absolute Gasteiger partial charge is 0.260 e. The lowest BCUT2D eigenvalue weighted by atomic mass is 10.0. The van der Waals surface area contributed by atoms with Gasteiger partial charge in [-0.3, -0.25) is 14.7 Å². The third kappa shape index (κ3) is 4.72. The summed E-state index contributed by atoms with van der Waals surface area (Å²) in [6, 6.07) is 27.6. The van der Waals surface area contributed by atoms with Crippen LogP contribution in [0, 0.1) is 6.92 Å². The summed E-state index contributed by atoms with van der Waals surface area (Å²) in [6.07, 6.45) is 2.55. The third-order valence-corrected chi connectivity index (χ3v) is 7.20. The molecule has 2 heterocycles. The lowest BCUT2D eigenvalue weighted by molar-refractivity contribution is 0.0985. The van der Waals surface area contributed by atoms with Crippen molar-refractivity contribution in [1.82, 2.24) is 9.97 Å². The molecule has 0 unspecified atom stereocenters. The highest BCUT2D eigenvalue weighted by Gasteiger charge is 2.23. The zero-order chi connectivity index (χ0) is 23.5. The molecule has 34 heavy (non-hydrogen) atoms. The van der Waals surface area contributed by atoms with Crippen LogP contribution in [-0.4, -0.2) is 15.9 Å². The van der Waals surface area contributed by atoms with Crippen molar-refractivity contribution in [1.29, 1.82) is 0 Å². The normalized spacial score (nSPS) is 11.0. The van der Waals surface area contributed by atoms with Crippen LogP contribution in [0.1, 0.15) is 32.7 Å². The van der Waals surface area contributed by atoms with Gasteiger partial charge in [-0.05, 0) is 60.4 Å². The molecule has 0 aliphatic carbocycles. The van der Waals surface area contributed by atoms with E-state index >= 15 is 0 Å². The van der Waals surface area contributed by atoms with E-state index in [0.29, 0.717) is 22.3 Å². The van der Waals surface area contributed by atoms with E-state index < -0.39 is 0 Å². The first-order valence-corrected chi connectivity index (χ1v) is 12.2. The van der Waals surface area contributed by atoms with Crippen molar-refractivity contribution >= 4 is 44.2 Å². The van der Waals surface area contributed by atoms with E-state index in [2.05, 4.69) is 17.1 Å². The van der Waals surface area contributed by atoms with Gasteiger partial charge >= 0.3 is 0 Å². The standard InChI is InChI=1S/C28H22ClN3OS/c1-19-10-15-24(29)26-25(19)31-28(34-26)32(18-23-9-5-6-16-30-23)27(33)22-13-11-21(12-14-22)17-20-7-3-2-4-8-20/h2-16H,17-18H2,1H3. The number of pyridine rings is 1. The number of carbonyl (C=O) groups is 1. The molecule has 6 heteroatoms. The van der Waals surface area contributed by atoms with E-state index in [-0.39, 0.29) is 5.91 Å². The highest BCUT2D eigenvalue weighted by atomic mass is 35.5. The van der Waals surface area contributed by atoms with Crippen molar-refractivity contribution in [2.24, 2.45) is 0 Å².